The molecule has 16 amide bonds. The van der Waals surface area contributed by atoms with Crippen molar-refractivity contribution < 1.29 is 81.8 Å². The highest BCUT2D eigenvalue weighted by Crippen LogP contribution is 2.20. The molecule has 1 aliphatic rings. The number of aromatic amines is 2. The van der Waals surface area contributed by atoms with Gasteiger partial charge < -0.3 is 101 Å². The molecule has 42 heteroatoms. The molecule has 0 saturated carbocycles. The summed E-state index contributed by atoms with van der Waals surface area (Å²) in [5.41, 5.74) is 18.7. The summed E-state index contributed by atoms with van der Waals surface area (Å²) in [7, 11) is 3.28. The number of hydrogen-bond donors (Lipinski definition) is 20. The number of unbranched alkanes of at least 4 members (excludes halogenated alkanes) is 1. The molecular weight excluding hydrogens is 1520 g/mol. The number of benzene rings is 1. The smallest absolute Gasteiger partial charge is 0.245 e. The quantitative estimate of drug-likeness (QED) is 0.0184. The van der Waals surface area contributed by atoms with Crippen LogP contribution in [0.2, 0.25) is 0 Å². The molecule has 114 heavy (non-hydrogen) atoms. The second-order valence-electron chi connectivity index (χ2n) is 28.6. The van der Waals surface area contributed by atoms with E-state index in [1.54, 1.807) is 63.3 Å². The maximum Gasteiger partial charge on any atom is 0.245 e. The number of aromatic nitrogens is 3. The van der Waals surface area contributed by atoms with Crippen LogP contribution < -0.4 is 91.6 Å². The minimum atomic E-state index is -1.45. The van der Waals surface area contributed by atoms with Crippen molar-refractivity contribution in [3.63, 3.8) is 0 Å². The molecule has 40 nitrogen and oxygen atoms in total. The minimum absolute atomic E-state index is 0.0404. The van der Waals surface area contributed by atoms with Crippen molar-refractivity contribution in [1.82, 2.24) is 104 Å². The minimum Gasteiger partial charge on any atom is -0.394 e. The first-order valence-corrected chi connectivity index (χ1v) is 40.3. The Kier molecular flexibility index (Phi) is 43.3. The van der Waals surface area contributed by atoms with E-state index in [2.05, 4.69) is 89.4 Å². The van der Waals surface area contributed by atoms with Crippen LogP contribution in [0.5, 0.6) is 0 Å². The van der Waals surface area contributed by atoms with Crippen LogP contribution in [0.1, 0.15) is 97.7 Å². The van der Waals surface area contributed by atoms with Crippen LogP contribution in [0.25, 0.3) is 10.9 Å². The largest absolute Gasteiger partial charge is 0.394 e. The van der Waals surface area contributed by atoms with Crippen molar-refractivity contribution >= 4 is 129 Å². The van der Waals surface area contributed by atoms with E-state index >= 15 is 0 Å². The van der Waals surface area contributed by atoms with Crippen molar-refractivity contribution in [1.29, 1.82) is 0 Å². The van der Waals surface area contributed by atoms with E-state index in [0.29, 0.717) is 73.5 Å². The molecule has 3 heterocycles. The molecule has 0 aliphatic carbocycles. The van der Waals surface area contributed by atoms with Crippen LogP contribution in [0.3, 0.4) is 0 Å². The topological polar surface area (TPSA) is 594 Å². The van der Waals surface area contributed by atoms with E-state index < -0.39 is 175 Å². The van der Waals surface area contributed by atoms with Crippen molar-refractivity contribution in [3.8, 4) is 0 Å². The Morgan fingerprint density at radius 2 is 1.21 bits per heavy atom. The number of nitrogens with two attached hydrogens (primary N) is 3. The number of imidazole rings is 1. The highest BCUT2D eigenvalue weighted by Gasteiger charge is 2.36. The summed E-state index contributed by atoms with van der Waals surface area (Å²) >= 11 is 2.56. The van der Waals surface area contributed by atoms with E-state index in [4.69, 9.17) is 17.2 Å². The third kappa shape index (κ3) is 36.1. The fraction of sp³-hybridized carbons (Fsp3) is 0.625. The lowest BCUT2D eigenvalue weighted by molar-refractivity contribution is -0.135. The van der Waals surface area contributed by atoms with Gasteiger partial charge in [-0.05, 0) is 95.1 Å². The molecule has 2 aromatic heterocycles. The number of carbonyl (C=O) groups is 16. The summed E-state index contributed by atoms with van der Waals surface area (Å²) in [4.78, 5) is 229. The predicted octanol–water partition coefficient (Wildman–Crippen LogP) is -6.77. The van der Waals surface area contributed by atoms with Crippen LogP contribution in [0, 0.1) is 11.8 Å². The standard InChI is InChI=1S/C72H117N23O17S2/c1-41(2)28-52(69(109)87-49(63(75)103)19-27-113-9)88-70(110)54(30-46-32-76-39-81-46)85-59(100)34-80-72(112)62(42(3)4)92-64(104)43(5)83-68(108)53(29-45-31-78-48-15-11-10-14-47(45)48)89-66(106)51(17-18-57(74)98)84-50(16-12-13-20-73)67(107)91-61(102)36-95-25-23-94(24-26-95)22-21-77-58(99)33-79-65(105)56(38-114-40-82-44(6)97)90-71(111)55(37-96)86-60(101)35-93(7)8/h10-11,14-15,31-32,39,41-43,49-56,62,78,84,96H,12-13,16-30,33-38,40,73H2,1-9H3,(H2,74,98)(H2,75,103)(H,76,81)(H,77,99)(H,79,105)(H,80,112)(H,82,97)(H,83,108)(H,85,100)(H,86,101)(H,87,109)(H,88,110)(H,89,106)(H,90,111)(H,92,104)(H,91,102,107)/t43-,49-,50-,51-,52-,53-,54-,55-,56-,62-/m0/s1. The molecule has 0 radical (unpaired) electrons. The molecule has 634 valence electrons. The third-order valence-corrected chi connectivity index (χ3v) is 19.5. The van der Waals surface area contributed by atoms with E-state index in [-0.39, 0.29) is 94.6 Å². The molecule has 1 fully saturated rings. The lowest BCUT2D eigenvalue weighted by Crippen LogP contribution is -2.60. The average molecular weight is 1640 g/mol. The Labute approximate surface area is 671 Å². The zero-order valence-corrected chi connectivity index (χ0v) is 67.9. The van der Waals surface area contributed by atoms with Gasteiger partial charge in [0.05, 0.1) is 57.1 Å². The summed E-state index contributed by atoms with van der Waals surface area (Å²) in [6, 6.07) is -5.68. The maximum atomic E-state index is 14.7. The van der Waals surface area contributed by atoms with Gasteiger partial charge in [-0.25, -0.2) is 4.98 Å². The number of imide groups is 1. The van der Waals surface area contributed by atoms with E-state index in [1.807, 2.05) is 29.9 Å². The number of piperazine rings is 1. The van der Waals surface area contributed by atoms with Gasteiger partial charge >= 0.3 is 0 Å². The van der Waals surface area contributed by atoms with Gasteiger partial charge in [-0.1, -0.05) is 52.3 Å². The number of likely N-dealkylation sites (N-methyl/N-ethyl adjacent to an activating group) is 1. The van der Waals surface area contributed by atoms with E-state index in [0.717, 1.165) is 11.8 Å². The van der Waals surface area contributed by atoms with Gasteiger partial charge in [-0.3, -0.25) is 97.1 Å². The highest BCUT2D eigenvalue weighted by atomic mass is 32.2. The van der Waals surface area contributed by atoms with Crippen molar-refractivity contribution in [3.05, 3.63) is 54.2 Å². The first-order valence-electron chi connectivity index (χ1n) is 37.8. The van der Waals surface area contributed by atoms with Crippen LogP contribution in [-0.2, 0) is 89.6 Å². The first kappa shape index (κ1) is 96.5. The molecule has 1 aromatic carbocycles. The number of primary amides is 2. The zero-order chi connectivity index (χ0) is 84.6. The van der Waals surface area contributed by atoms with Gasteiger partial charge in [-0.2, -0.15) is 11.8 Å². The van der Waals surface area contributed by atoms with E-state index in [1.165, 1.54) is 38.1 Å². The lowest BCUT2D eigenvalue weighted by Gasteiger charge is -2.34. The zero-order valence-electron chi connectivity index (χ0n) is 66.3. The third-order valence-electron chi connectivity index (χ3n) is 18.0. The second-order valence-corrected chi connectivity index (χ2v) is 30.7. The molecule has 1 saturated heterocycles. The van der Waals surface area contributed by atoms with Gasteiger partial charge in [0.2, 0.25) is 94.5 Å². The molecule has 1 aliphatic heterocycles. The number of carbonyl (C=O) groups excluding carboxylic acids is 16. The lowest BCUT2D eigenvalue weighted by atomic mass is 10.0. The van der Waals surface area contributed by atoms with Crippen LogP contribution in [0.15, 0.2) is 43.0 Å². The number of fused-ring (bicyclic) bond motifs is 1. The van der Waals surface area contributed by atoms with E-state index in [9.17, 15) is 81.8 Å². The fourth-order valence-electron chi connectivity index (χ4n) is 11.8. The van der Waals surface area contributed by atoms with Gasteiger partial charge in [-0.15, -0.1) is 11.8 Å². The maximum absolute atomic E-state index is 14.7. The predicted molar refractivity (Wildman–Crippen MR) is 426 cm³/mol. The number of para-hydroxylation sites is 1. The molecule has 4 rings (SSSR count). The molecule has 23 N–H and O–H groups in total. The SMILES string of the molecule is CSCC[C@H](NC(=O)[C@H](CC(C)C)NC(=O)[C@H](Cc1cnc[nH]1)NC(=O)CNC(=O)[C@@H](NC(=O)[C@H](C)NC(=O)[C@H](Cc1c[nH]c2ccccc12)NC(=O)[C@H](CCC(N)=O)N[C@@H](CCCCN)C(=O)NC(=O)CN1CCN(CCNC(=O)CNC(=O)[C@H](CSCNC(C)=O)NC(=O)[C@H](CO)NC(=O)CN(C)C)CC1)C(C)C)C(N)=O. The summed E-state index contributed by atoms with van der Waals surface area (Å²) in [6.45, 7) is 9.84. The number of H-pyrrole nitrogens is 2. The summed E-state index contributed by atoms with van der Waals surface area (Å²) in [5.74, 6) is -11.8. The highest BCUT2D eigenvalue weighted by molar-refractivity contribution is 7.99. The molecule has 10 atom stereocenters. The van der Waals surface area contributed by atoms with Gasteiger partial charge in [0.1, 0.15) is 48.3 Å². The first-order chi connectivity index (χ1) is 54.1. The monoisotopic (exact) mass is 1640 g/mol. The van der Waals surface area contributed by atoms with Crippen molar-refractivity contribution in [2.24, 2.45) is 29.0 Å². The number of nitrogens with one attached hydrogen (secondary N) is 16. The Morgan fingerprint density at radius 1 is 0.605 bits per heavy atom. The van der Waals surface area contributed by atoms with Crippen molar-refractivity contribution in [2.75, 3.05) is 116 Å². The molecule has 3 aromatic rings. The van der Waals surface area contributed by atoms with Crippen LogP contribution in [0.4, 0.5) is 0 Å². The number of thioether (sulfide) groups is 2. The van der Waals surface area contributed by atoms with Gasteiger partial charge in [0.15, 0.2) is 0 Å². The molecule has 0 spiro atoms. The number of aliphatic hydroxyl groups is 1. The number of rotatable bonds is 53. The summed E-state index contributed by atoms with van der Waals surface area (Å²) in [6.07, 6.45) is 6.61. The average Bonchev–Trinajstić information content (AvgIpc) is 1.66. The molecule has 0 bridgehead atoms. The molecule has 0 unspecified atom stereocenters. The number of amides is 16. The number of hydrogen-bond acceptors (Lipinski definition) is 25. The van der Waals surface area contributed by atoms with Crippen LogP contribution >= 0.6 is 23.5 Å². The summed E-state index contributed by atoms with van der Waals surface area (Å²) in [5, 5.41) is 47.1. The Hall–Kier alpha value is -9.85. The second kappa shape index (κ2) is 51.1. The molecular formula is C72H117N23O17S2. The Balaban J connectivity index is 1.40. The fourth-order valence-corrected chi connectivity index (χ4v) is 13.1. The van der Waals surface area contributed by atoms with Crippen molar-refractivity contribution in [2.45, 2.75) is 160 Å². The Morgan fingerprint density at radius 3 is 1.84 bits per heavy atom. The van der Waals surface area contributed by atoms with Gasteiger partial charge in [0.25, 0.3) is 0 Å². The Bertz CT molecular complexity index is 3690. The number of aliphatic hydroxyl groups excluding tert-OH is 1. The number of nitrogens with zero attached hydrogens (tertiary/aromatic N) is 4. The normalized spacial score (nSPS) is 15.0. The van der Waals surface area contributed by atoms with Crippen LogP contribution in [-0.4, -0.2) is 306 Å². The van der Waals surface area contributed by atoms with Gasteiger partial charge in [0, 0.05) is 100 Å². The summed E-state index contributed by atoms with van der Waals surface area (Å²) < 4.78 is 0.